The quantitative estimate of drug-likeness (QED) is 0.265. The summed E-state index contributed by atoms with van der Waals surface area (Å²) < 4.78 is 51.8. The number of nitrogens with one attached hydrogen (secondary N) is 2. The smallest absolute Gasteiger partial charge is 0.321 e. The number of aromatic nitrogens is 2. The fourth-order valence-electron chi connectivity index (χ4n) is 5.19. The highest BCUT2D eigenvalue weighted by molar-refractivity contribution is 5.95. The van der Waals surface area contributed by atoms with Crippen LogP contribution in [0.25, 0.3) is 16.6 Å². The first-order valence-electron chi connectivity index (χ1n) is 14.5. The SMILES string of the molecule is C[C@H](NC(=O)C(C)(F)F)[C@H](Oc1ccc2c(cnn2-c2cccc(C(=O)N/C=C3/CCOC3)c2)c1)c1ccc2c(c1)OCOC2. The maximum atomic E-state index is 13.8. The van der Waals surface area contributed by atoms with Gasteiger partial charge in [-0.05, 0) is 66.9 Å². The lowest BCUT2D eigenvalue weighted by Gasteiger charge is -2.28. The van der Waals surface area contributed by atoms with Crippen molar-refractivity contribution < 1.29 is 37.3 Å². The van der Waals surface area contributed by atoms with Crippen LogP contribution in [0.1, 0.15) is 47.9 Å². The molecule has 2 aliphatic heterocycles. The van der Waals surface area contributed by atoms with Crippen LogP contribution in [0.15, 0.2) is 78.6 Å². The molecular weight excluding hydrogens is 586 g/mol. The highest BCUT2D eigenvalue weighted by atomic mass is 19.3. The van der Waals surface area contributed by atoms with Gasteiger partial charge in [-0.3, -0.25) is 9.59 Å². The number of hydrogen-bond acceptors (Lipinski definition) is 7. The predicted molar refractivity (Wildman–Crippen MR) is 160 cm³/mol. The molecule has 2 aliphatic rings. The zero-order valence-electron chi connectivity index (χ0n) is 24.7. The van der Waals surface area contributed by atoms with E-state index in [1.165, 1.54) is 0 Å². The number of amides is 2. The molecule has 0 radical (unpaired) electrons. The Labute approximate surface area is 257 Å². The molecule has 2 amide bonds. The van der Waals surface area contributed by atoms with Gasteiger partial charge in [0, 0.05) is 29.6 Å². The van der Waals surface area contributed by atoms with Gasteiger partial charge in [-0.15, -0.1) is 0 Å². The van der Waals surface area contributed by atoms with Crippen molar-refractivity contribution in [2.75, 3.05) is 20.0 Å². The Bertz CT molecular complexity index is 1760. The Kier molecular flexibility index (Phi) is 8.50. The van der Waals surface area contributed by atoms with Gasteiger partial charge >= 0.3 is 5.92 Å². The topological polar surface area (TPSA) is 113 Å². The van der Waals surface area contributed by atoms with Gasteiger partial charge in [0.15, 0.2) is 6.79 Å². The monoisotopic (exact) mass is 618 g/mol. The molecule has 0 spiro atoms. The van der Waals surface area contributed by atoms with Crippen LogP contribution in [0.5, 0.6) is 11.5 Å². The molecule has 2 N–H and O–H groups in total. The van der Waals surface area contributed by atoms with Crippen molar-refractivity contribution in [3.8, 4) is 17.2 Å². The third-order valence-corrected chi connectivity index (χ3v) is 7.60. The molecule has 1 aromatic heterocycles. The van der Waals surface area contributed by atoms with Gasteiger partial charge in [0.1, 0.15) is 17.6 Å². The zero-order chi connectivity index (χ0) is 31.6. The van der Waals surface area contributed by atoms with E-state index in [1.54, 1.807) is 66.5 Å². The Morgan fingerprint density at radius 3 is 2.76 bits per heavy atom. The van der Waals surface area contributed by atoms with E-state index < -0.39 is 24.0 Å². The van der Waals surface area contributed by atoms with Gasteiger partial charge < -0.3 is 29.6 Å². The number of nitrogens with zero attached hydrogens (tertiary/aromatic N) is 2. The summed E-state index contributed by atoms with van der Waals surface area (Å²) in [7, 11) is 0. The molecule has 10 nitrogen and oxygen atoms in total. The fourth-order valence-corrected chi connectivity index (χ4v) is 5.19. The van der Waals surface area contributed by atoms with E-state index in [1.807, 2.05) is 18.2 Å². The van der Waals surface area contributed by atoms with Gasteiger partial charge in [0.05, 0.1) is 43.3 Å². The van der Waals surface area contributed by atoms with E-state index in [0.717, 1.165) is 28.5 Å². The van der Waals surface area contributed by atoms with Crippen LogP contribution >= 0.6 is 0 Å². The Morgan fingerprint density at radius 1 is 1.09 bits per heavy atom. The summed E-state index contributed by atoms with van der Waals surface area (Å²) in [5, 5.41) is 10.5. The fraction of sp³-hybridized carbons (Fsp3) is 0.303. The Morgan fingerprint density at radius 2 is 1.96 bits per heavy atom. The second-order valence-corrected chi connectivity index (χ2v) is 11.1. The number of alkyl halides is 2. The first-order valence-corrected chi connectivity index (χ1v) is 14.5. The predicted octanol–water partition coefficient (Wildman–Crippen LogP) is 5.21. The van der Waals surface area contributed by atoms with Crippen molar-refractivity contribution in [1.82, 2.24) is 20.4 Å². The highest BCUT2D eigenvalue weighted by Crippen LogP contribution is 2.33. The number of fused-ring (bicyclic) bond motifs is 2. The molecular formula is C33H32F2N4O6. The first kappa shape index (κ1) is 30.2. The summed E-state index contributed by atoms with van der Waals surface area (Å²) in [6.45, 7) is 3.81. The maximum absolute atomic E-state index is 13.8. The second kappa shape index (κ2) is 12.7. The van der Waals surface area contributed by atoms with Crippen molar-refractivity contribution in [3.05, 3.63) is 95.3 Å². The van der Waals surface area contributed by atoms with Crippen LogP contribution in [-0.4, -0.2) is 53.6 Å². The number of benzene rings is 3. The molecule has 0 bridgehead atoms. The van der Waals surface area contributed by atoms with Crippen molar-refractivity contribution in [2.45, 2.75) is 44.9 Å². The van der Waals surface area contributed by atoms with E-state index in [0.29, 0.717) is 55.1 Å². The summed E-state index contributed by atoms with van der Waals surface area (Å²) in [5.74, 6) is -4.15. The molecule has 3 aromatic carbocycles. The minimum Gasteiger partial charge on any atom is -0.484 e. The van der Waals surface area contributed by atoms with E-state index in [9.17, 15) is 18.4 Å². The van der Waals surface area contributed by atoms with Gasteiger partial charge in [-0.2, -0.15) is 13.9 Å². The van der Waals surface area contributed by atoms with Gasteiger partial charge in [0.2, 0.25) is 0 Å². The van der Waals surface area contributed by atoms with Gasteiger partial charge in [-0.1, -0.05) is 18.2 Å². The number of halogens is 2. The van der Waals surface area contributed by atoms with E-state index in [2.05, 4.69) is 15.7 Å². The number of hydrogen-bond donors (Lipinski definition) is 2. The van der Waals surface area contributed by atoms with Crippen LogP contribution in [0.4, 0.5) is 8.78 Å². The molecule has 4 aromatic rings. The molecule has 1 fully saturated rings. The molecule has 0 aliphatic carbocycles. The van der Waals surface area contributed by atoms with Gasteiger partial charge in [0.25, 0.3) is 11.8 Å². The molecule has 12 heteroatoms. The van der Waals surface area contributed by atoms with Crippen LogP contribution < -0.4 is 20.1 Å². The minimum absolute atomic E-state index is 0.0952. The lowest BCUT2D eigenvalue weighted by molar-refractivity contribution is -0.144. The summed E-state index contributed by atoms with van der Waals surface area (Å²) in [4.78, 5) is 25.0. The maximum Gasteiger partial charge on any atom is 0.321 e. The standard InChI is InChI=1S/C33H32F2N4O6/c1-20(38-32(41)33(2,34)35)30(22-6-7-24-18-43-19-44-29(24)14-22)45-27-8-9-28-25(13-27)16-37-39(28)26-5-3-4-23(12-26)31(40)36-15-21-10-11-42-17-21/h3-9,12-16,20,30H,10-11,17-19H2,1-2H3,(H,36,40)(H,38,41)/b21-15-/t20-,30-/m0/s1. The van der Waals surface area contributed by atoms with E-state index in [-0.39, 0.29) is 12.7 Å². The molecule has 3 heterocycles. The molecule has 234 valence electrons. The highest BCUT2D eigenvalue weighted by Gasteiger charge is 2.35. The summed E-state index contributed by atoms with van der Waals surface area (Å²) in [6, 6.07) is 17.0. The van der Waals surface area contributed by atoms with Crippen LogP contribution in [0, 0.1) is 0 Å². The average molecular weight is 619 g/mol. The lowest BCUT2D eigenvalue weighted by Crippen LogP contribution is -2.46. The van der Waals surface area contributed by atoms with Gasteiger partial charge in [-0.25, -0.2) is 4.68 Å². The summed E-state index contributed by atoms with van der Waals surface area (Å²) >= 11 is 0. The van der Waals surface area contributed by atoms with Crippen molar-refractivity contribution >= 4 is 22.7 Å². The Balaban J connectivity index is 1.25. The second-order valence-electron chi connectivity index (χ2n) is 11.1. The Hall–Kier alpha value is -4.81. The lowest BCUT2D eigenvalue weighted by atomic mass is 10.00. The van der Waals surface area contributed by atoms with E-state index in [4.69, 9.17) is 18.9 Å². The molecule has 45 heavy (non-hydrogen) atoms. The first-order chi connectivity index (χ1) is 21.7. The minimum atomic E-state index is -3.55. The van der Waals surface area contributed by atoms with Crippen LogP contribution in [0.3, 0.4) is 0 Å². The molecule has 1 saturated heterocycles. The summed E-state index contributed by atoms with van der Waals surface area (Å²) in [6.07, 6.45) is 3.34. The van der Waals surface area contributed by atoms with Crippen molar-refractivity contribution in [2.24, 2.45) is 0 Å². The van der Waals surface area contributed by atoms with E-state index >= 15 is 0 Å². The third-order valence-electron chi connectivity index (χ3n) is 7.60. The van der Waals surface area contributed by atoms with Crippen molar-refractivity contribution in [1.29, 1.82) is 0 Å². The number of ether oxygens (including phenoxy) is 4. The van der Waals surface area contributed by atoms with Crippen LogP contribution in [0.2, 0.25) is 0 Å². The zero-order valence-corrected chi connectivity index (χ0v) is 24.7. The average Bonchev–Trinajstić information content (AvgIpc) is 3.72. The molecule has 6 rings (SSSR count). The molecule has 0 saturated carbocycles. The van der Waals surface area contributed by atoms with Crippen LogP contribution in [-0.2, 0) is 20.9 Å². The van der Waals surface area contributed by atoms with Crippen molar-refractivity contribution in [3.63, 3.8) is 0 Å². The number of rotatable bonds is 9. The summed E-state index contributed by atoms with van der Waals surface area (Å²) in [5.41, 5.74) is 4.43. The largest absolute Gasteiger partial charge is 0.484 e. The molecule has 2 atom stereocenters. The number of carbonyl (C=O) groups excluding carboxylic acids is 2. The molecule has 0 unspecified atom stereocenters. The normalized spacial score (nSPS) is 16.9. The third kappa shape index (κ3) is 6.81. The number of carbonyl (C=O) groups is 2.